The third kappa shape index (κ3) is 4.28. The summed E-state index contributed by atoms with van der Waals surface area (Å²) in [6, 6.07) is 6.45. The molecule has 0 radical (unpaired) electrons. The maximum absolute atomic E-state index is 13.1. The smallest absolute Gasteiger partial charge is 0.223 e. The van der Waals surface area contributed by atoms with E-state index in [0.29, 0.717) is 19.8 Å². The Hall–Kier alpha value is -1.46. The molecule has 0 saturated heterocycles. The van der Waals surface area contributed by atoms with E-state index in [4.69, 9.17) is 9.84 Å². The zero-order valence-electron chi connectivity index (χ0n) is 11.3. The summed E-state index contributed by atoms with van der Waals surface area (Å²) in [6.45, 7) is 1.44. The molecule has 4 nitrogen and oxygen atoms in total. The van der Waals surface area contributed by atoms with Gasteiger partial charge in [0.1, 0.15) is 5.82 Å². The van der Waals surface area contributed by atoms with E-state index in [-0.39, 0.29) is 30.2 Å². The van der Waals surface area contributed by atoms with Crippen molar-refractivity contribution in [1.82, 2.24) is 5.32 Å². The van der Waals surface area contributed by atoms with Crippen LogP contribution in [0, 0.1) is 11.7 Å². The van der Waals surface area contributed by atoms with Gasteiger partial charge in [0, 0.05) is 19.1 Å². The summed E-state index contributed by atoms with van der Waals surface area (Å²) in [6.07, 6.45) is 1.51. The molecule has 1 aliphatic carbocycles. The fourth-order valence-corrected chi connectivity index (χ4v) is 2.27. The van der Waals surface area contributed by atoms with Gasteiger partial charge in [0.15, 0.2) is 0 Å². The van der Waals surface area contributed by atoms with Crippen molar-refractivity contribution >= 4 is 5.91 Å². The highest BCUT2D eigenvalue weighted by Crippen LogP contribution is 2.47. The van der Waals surface area contributed by atoms with Gasteiger partial charge in [-0.05, 0) is 36.5 Å². The maximum Gasteiger partial charge on any atom is 0.223 e. The van der Waals surface area contributed by atoms with Gasteiger partial charge < -0.3 is 15.2 Å². The van der Waals surface area contributed by atoms with Gasteiger partial charge >= 0.3 is 0 Å². The standard InChI is InChI=1S/C15H20FNO3/c16-12-4-1-3-11(9-12)13-10-14(13)15(19)17-5-2-7-20-8-6-18/h1,3-4,9,13-14,18H,2,5-8,10H2,(H,17,19). The first-order valence-corrected chi connectivity index (χ1v) is 6.94. The number of rotatable bonds is 8. The van der Waals surface area contributed by atoms with Crippen molar-refractivity contribution in [2.45, 2.75) is 18.8 Å². The third-order valence-corrected chi connectivity index (χ3v) is 3.40. The molecule has 0 bridgehead atoms. The summed E-state index contributed by atoms with van der Waals surface area (Å²) >= 11 is 0. The van der Waals surface area contributed by atoms with Crippen molar-refractivity contribution in [3.8, 4) is 0 Å². The molecule has 1 aliphatic rings. The quantitative estimate of drug-likeness (QED) is 0.709. The average molecular weight is 281 g/mol. The molecule has 1 saturated carbocycles. The van der Waals surface area contributed by atoms with Crippen LogP contribution in [-0.4, -0.2) is 37.4 Å². The molecule has 110 valence electrons. The minimum Gasteiger partial charge on any atom is -0.394 e. The Kier molecular flexibility index (Phi) is 5.49. The highest BCUT2D eigenvalue weighted by Gasteiger charge is 2.43. The molecule has 1 fully saturated rings. The van der Waals surface area contributed by atoms with Gasteiger partial charge in [-0.25, -0.2) is 4.39 Å². The molecule has 5 heteroatoms. The van der Waals surface area contributed by atoms with E-state index in [1.165, 1.54) is 12.1 Å². The number of hydrogen-bond donors (Lipinski definition) is 2. The second-order valence-corrected chi connectivity index (χ2v) is 4.98. The number of ether oxygens (including phenoxy) is 1. The first kappa shape index (κ1) is 14.9. The van der Waals surface area contributed by atoms with Gasteiger partial charge in [-0.15, -0.1) is 0 Å². The van der Waals surface area contributed by atoms with Crippen LogP contribution in [-0.2, 0) is 9.53 Å². The van der Waals surface area contributed by atoms with Crippen LogP contribution in [0.25, 0.3) is 0 Å². The maximum atomic E-state index is 13.1. The summed E-state index contributed by atoms with van der Waals surface area (Å²) in [5.74, 6) is -0.109. The van der Waals surface area contributed by atoms with Crippen molar-refractivity contribution in [2.75, 3.05) is 26.4 Å². The largest absolute Gasteiger partial charge is 0.394 e. The molecule has 0 aliphatic heterocycles. The third-order valence-electron chi connectivity index (χ3n) is 3.40. The zero-order chi connectivity index (χ0) is 14.4. The fraction of sp³-hybridized carbons (Fsp3) is 0.533. The van der Waals surface area contributed by atoms with Crippen molar-refractivity contribution in [3.05, 3.63) is 35.6 Å². The monoisotopic (exact) mass is 281 g/mol. The van der Waals surface area contributed by atoms with Crippen molar-refractivity contribution in [2.24, 2.45) is 5.92 Å². The SMILES string of the molecule is O=C(NCCCOCCO)C1CC1c1cccc(F)c1. The minimum absolute atomic E-state index is 0.0176. The Bertz CT molecular complexity index is 452. The lowest BCUT2D eigenvalue weighted by molar-refractivity contribution is -0.122. The summed E-state index contributed by atoms with van der Waals surface area (Å²) in [5.41, 5.74) is 0.899. The number of halogens is 1. The molecule has 2 rings (SSSR count). The molecular weight excluding hydrogens is 261 g/mol. The number of carbonyl (C=O) groups is 1. The Morgan fingerprint density at radius 1 is 1.45 bits per heavy atom. The average Bonchev–Trinajstić information content (AvgIpc) is 3.23. The fourth-order valence-electron chi connectivity index (χ4n) is 2.27. The highest BCUT2D eigenvalue weighted by molar-refractivity contribution is 5.82. The number of carbonyl (C=O) groups excluding carboxylic acids is 1. The molecule has 1 amide bonds. The number of amides is 1. The summed E-state index contributed by atoms with van der Waals surface area (Å²) in [5, 5.41) is 11.4. The van der Waals surface area contributed by atoms with Crippen LogP contribution in [0.4, 0.5) is 4.39 Å². The first-order chi connectivity index (χ1) is 9.72. The van der Waals surface area contributed by atoms with Gasteiger partial charge in [-0.2, -0.15) is 0 Å². The van der Waals surface area contributed by atoms with E-state index in [0.717, 1.165) is 18.4 Å². The second kappa shape index (κ2) is 7.36. The Morgan fingerprint density at radius 3 is 3.05 bits per heavy atom. The number of benzene rings is 1. The second-order valence-electron chi connectivity index (χ2n) is 4.98. The topological polar surface area (TPSA) is 58.6 Å². The lowest BCUT2D eigenvalue weighted by atomic mass is 10.1. The van der Waals surface area contributed by atoms with Crippen molar-refractivity contribution in [3.63, 3.8) is 0 Å². The number of aliphatic hydroxyl groups is 1. The van der Waals surface area contributed by atoms with Gasteiger partial charge in [0.05, 0.1) is 13.2 Å². The molecule has 2 N–H and O–H groups in total. The van der Waals surface area contributed by atoms with Crippen LogP contribution < -0.4 is 5.32 Å². The lowest BCUT2D eigenvalue weighted by Crippen LogP contribution is -2.27. The molecule has 0 heterocycles. The van der Waals surface area contributed by atoms with E-state index in [2.05, 4.69) is 5.32 Å². The minimum atomic E-state index is -0.255. The molecule has 0 spiro atoms. The number of hydrogen-bond acceptors (Lipinski definition) is 3. The van der Waals surface area contributed by atoms with Crippen LogP contribution in [0.5, 0.6) is 0 Å². The van der Waals surface area contributed by atoms with Crippen LogP contribution in [0.15, 0.2) is 24.3 Å². The van der Waals surface area contributed by atoms with Crippen molar-refractivity contribution in [1.29, 1.82) is 0 Å². The van der Waals surface area contributed by atoms with E-state index < -0.39 is 0 Å². The van der Waals surface area contributed by atoms with Gasteiger partial charge in [0.2, 0.25) is 5.91 Å². The molecule has 20 heavy (non-hydrogen) atoms. The zero-order valence-corrected chi connectivity index (χ0v) is 11.3. The van der Waals surface area contributed by atoms with E-state index in [9.17, 15) is 9.18 Å². The summed E-state index contributed by atoms with van der Waals surface area (Å²) < 4.78 is 18.2. The van der Waals surface area contributed by atoms with Crippen LogP contribution in [0.3, 0.4) is 0 Å². The Labute approximate surface area is 117 Å². The molecule has 0 aromatic heterocycles. The molecular formula is C15H20FNO3. The van der Waals surface area contributed by atoms with Gasteiger partial charge in [0.25, 0.3) is 0 Å². The van der Waals surface area contributed by atoms with Gasteiger partial charge in [-0.3, -0.25) is 4.79 Å². The normalized spacial score (nSPS) is 20.7. The van der Waals surface area contributed by atoms with Crippen LogP contribution in [0.1, 0.15) is 24.3 Å². The molecule has 1 aromatic rings. The van der Waals surface area contributed by atoms with Crippen LogP contribution in [0.2, 0.25) is 0 Å². The van der Waals surface area contributed by atoms with E-state index in [1.54, 1.807) is 6.07 Å². The number of aliphatic hydroxyl groups excluding tert-OH is 1. The van der Waals surface area contributed by atoms with E-state index >= 15 is 0 Å². The molecule has 1 aromatic carbocycles. The predicted molar refractivity (Wildman–Crippen MR) is 72.8 cm³/mol. The molecule has 2 atom stereocenters. The molecule has 2 unspecified atom stereocenters. The van der Waals surface area contributed by atoms with Gasteiger partial charge in [-0.1, -0.05) is 12.1 Å². The first-order valence-electron chi connectivity index (χ1n) is 6.94. The highest BCUT2D eigenvalue weighted by atomic mass is 19.1. The summed E-state index contributed by atoms with van der Waals surface area (Å²) in [7, 11) is 0. The van der Waals surface area contributed by atoms with Crippen LogP contribution >= 0.6 is 0 Å². The Balaban J connectivity index is 1.66. The number of nitrogens with one attached hydrogen (secondary N) is 1. The predicted octanol–water partition coefficient (Wildman–Crippen LogP) is 1.44. The van der Waals surface area contributed by atoms with Crippen molar-refractivity contribution < 1.29 is 19.0 Å². The Morgan fingerprint density at radius 2 is 2.30 bits per heavy atom. The summed E-state index contributed by atoms with van der Waals surface area (Å²) in [4.78, 5) is 11.9. The van der Waals surface area contributed by atoms with E-state index in [1.807, 2.05) is 6.07 Å². The lowest BCUT2D eigenvalue weighted by Gasteiger charge is -2.05.